The first-order valence-electron chi connectivity index (χ1n) is 6.93. The lowest BCUT2D eigenvalue weighted by Gasteiger charge is -2.20. The highest BCUT2D eigenvalue weighted by atomic mass is 35.5. The van der Waals surface area contributed by atoms with Gasteiger partial charge in [0.1, 0.15) is 5.82 Å². The molecule has 2 rings (SSSR count). The molecule has 0 saturated carbocycles. The van der Waals surface area contributed by atoms with Crippen LogP contribution in [0.4, 0.5) is 5.82 Å². The molecule has 1 saturated heterocycles. The second kappa shape index (κ2) is 6.90. The van der Waals surface area contributed by atoms with Crippen molar-refractivity contribution in [1.29, 1.82) is 0 Å². The maximum atomic E-state index is 12.1. The van der Waals surface area contributed by atoms with Crippen molar-refractivity contribution in [1.82, 2.24) is 10.3 Å². The van der Waals surface area contributed by atoms with Gasteiger partial charge in [0.2, 0.25) is 0 Å². The Balaban J connectivity index is 1.99. The minimum absolute atomic E-state index is 0.0165. The Morgan fingerprint density at radius 3 is 3.05 bits per heavy atom. The summed E-state index contributed by atoms with van der Waals surface area (Å²) in [5, 5.41) is 6.41. The number of nitrogens with one attached hydrogen (secondary N) is 2. The minimum Gasteiger partial charge on any atom is -0.376 e. The maximum absolute atomic E-state index is 12.1. The number of amides is 1. The van der Waals surface area contributed by atoms with Crippen molar-refractivity contribution in [3.05, 3.63) is 22.8 Å². The topological polar surface area (TPSA) is 63.2 Å². The highest BCUT2D eigenvalue weighted by Crippen LogP contribution is 2.20. The van der Waals surface area contributed by atoms with E-state index in [1.54, 1.807) is 6.07 Å². The average Bonchev–Trinajstić information content (AvgIpc) is 2.95. The predicted molar refractivity (Wildman–Crippen MR) is 79.3 cm³/mol. The average molecular weight is 298 g/mol. The third-order valence-electron chi connectivity index (χ3n) is 3.33. The van der Waals surface area contributed by atoms with Crippen molar-refractivity contribution in [2.45, 2.75) is 38.8 Å². The van der Waals surface area contributed by atoms with Crippen molar-refractivity contribution in [2.24, 2.45) is 0 Å². The van der Waals surface area contributed by atoms with E-state index in [9.17, 15) is 4.79 Å². The first-order valence-corrected chi connectivity index (χ1v) is 7.31. The molecule has 0 radical (unpaired) electrons. The summed E-state index contributed by atoms with van der Waals surface area (Å²) in [6.07, 6.45) is 3.67. The van der Waals surface area contributed by atoms with E-state index in [2.05, 4.69) is 15.6 Å². The number of carbonyl (C=O) groups is 1. The molecule has 0 spiro atoms. The fourth-order valence-corrected chi connectivity index (χ4v) is 2.47. The normalized spacial score (nSPS) is 19.6. The Kier molecular flexibility index (Phi) is 5.20. The number of aromatic nitrogens is 1. The van der Waals surface area contributed by atoms with Gasteiger partial charge < -0.3 is 15.4 Å². The summed E-state index contributed by atoms with van der Waals surface area (Å²) in [6, 6.07) is 1.61. The quantitative estimate of drug-likeness (QED) is 0.876. The highest BCUT2D eigenvalue weighted by molar-refractivity contribution is 6.33. The smallest absolute Gasteiger partial charge is 0.253 e. The first-order chi connectivity index (χ1) is 9.61. The zero-order chi connectivity index (χ0) is 14.5. The Morgan fingerprint density at radius 2 is 2.45 bits per heavy atom. The number of hydrogen-bond acceptors (Lipinski definition) is 4. The Bertz CT molecular complexity index is 475. The summed E-state index contributed by atoms with van der Waals surface area (Å²) in [7, 11) is 0. The molecule has 20 heavy (non-hydrogen) atoms. The summed E-state index contributed by atoms with van der Waals surface area (Å²) >= 11 is 6.09. The van der Waals surface area contributed by atoms with Crippen molar-refractivity contribution in [2.75, 3.05) is 18.5 Å². The van der Waals surface area contributed by atoms with Crippen LogP contribution in [-0.4, -0.2) is 36.2 Å². The van der Waals surface area contributed by atoms with Crippen molar-refractivity contribution >= 4 is 23.3 Å². The molecule has 2 atom stereocenters. The van der Waals surface area contributed by atoms with E-state index in [1.807, 2.05) is 13.8 Å². The standard InChI is InChI=1S/C14H20ClN3O2/c1-3-16-13-11(15)7-10(8-17-13)14(19)18-9(2)12-5-4-6-20-12/h7-9,12H,3-6H2,1-2H3,(H,16,17)(H,18,19). The van der Waals surface area contributed by atoms with Crippen LogP contribution in [0.1, 0.15) is 37.0 Å². The Morgan fingerprint density at radius 1 is 1.65 bits per heavy atom. The van der Waals surface area contributed by atoms with E-state index in [0.717, 1.165) is 26.0 Å². The van der Waals surface area contributed by atoms with Gasteiger partial charge in [0.25, 0.3) is 5.91 Å². The highest BCUT2D eigenvalue weighted by Gasteiger charge is 2.24. The summed E-state index contributed by atoms with van der Waals surface area (Å²) < 4.78 is 5.56. The van der Waals surface area contributed by atoms with Gasteiger partial charge >= 0.3 is 0 Å². The van der Waals surface area contributed by atoms with Crippen LogP contribution in [0.25, 0.3) is 0 Å². The van der Waals surface area contributed by atoms with Crippen molar-refractivity contribution in [3.63, 3.8) is 0 Å². The fourth-order valence-electron chi connectivity index (χ4n) is 2.24. The Hall–Kier alpha value is -1.33. The van der Waals surface area contributed by atoms with Gasteiger partial charge in [0.15, 0.2) is 0 Å². The summed E-state index contributed by atoms with van der Waals surface area (Å²) in [4.78, 5) is 16.3. The van der Waals surface area contributed by atoms with E-state index in [1.165, 1.54) is 6.20 Å². The SMILES string of the molecule is CCNc1ncc(C(=O)NC(C)C2CCCO2)cc1Cl. The zero-order valence-electron chi connectivity index (χ0n) is 11.8. The second-order valence-corrected chi connectivity index (χ2v) is 5.31. The van der Waals surface area contributed by atoms with Crippen LogP contribution in [0, 0.1) is 0 Å². The van der Waals surface area contributed by atoms with Crippen LogP contribution in [0.5, 0.6) is 0 Å². The largest absolute Gasteiger partial charge is 0.376 e. The van der Waals surface area contributed by atoms with Gasteiger partial charge in [0.05, 0.1) is 22.7 Å². The molecule has 110 valence electrons. The van der Waals surface area contributed by atoms with E-state index in [0.29, 0.717) is 16.4 Å². The maximum Gasteiger partial charge on any atom is 0.253 e. The van der Waals surface area contributed by atoms with Crippen LogP contribution < -0.4 is 10.6 Å². The number of ether oxygens (including phenoxy) is 1. The van der Waals surface area contributed by atoms with E-state index in [4.69, 9.17) is 16.3 Å². The third kappa shape index (κ3) is 3.61. The molecular formula is C14H20ClN3O2. The monoisotopic (exact) mass is 297 g/mol. The van der Waals surface area contributed by atoms with Gasteiger partial charge in [-0.1, -0.05) is 11.6 Å². The van der Waals surface area contributed by atoms with E-state index < -0.39 is 0 Å². The number of carbonyl (C=O) groups excluding carboxylic acids is 1. The molecule has 1 aliphatic heterocycles. The number of nitrogens with zero attached hydrogens (tertiary/aromatic N) is 1. The lowest BCUT2D eigenvalue weighted by Crippen LogP contribution is -2.40. The number of rotatable bonds is 5. The number of halogens is 1. The molecule has 2 N–H and O–H groups in total. The van der Waals surface area contributed by atoms with Crippen molar-refractivity contribution in [3.8, 4) is 0 Å². The van der Waals surface area contributed by atoms with Crippen LogP contribution in [-0.2, 0) is 4.74 Å². The van der Waals surface area contributed by atoms with Gasteiger partial charge in [-0.15, -0.1) is 0 Å². The Labute approximate surface area is 124 Å². The molecule has 2 unspecified atom stereocenters. The van der Waals surface area contributed by atoms with Crippen LogP contribution in [0.2, 0.25) is 5.02 Å². The summed E-state index contributed by atoms with van der Waals surface area (Å²) in [5.74, 6) is 0.420. The molecule has 2 heterocycles. The molecule has 1 amide bonds. The molecule has 6 heteroatoms. The fraction of sp³-hybridized carbons (Fsp3) is 0.571. The van der Waals surface area contributed by atoms with Crippen molar-refractivity contribution < 1.29 is 9.53 Å². The molecule has 1 aromatic heterocycles. The lowest BCUT2D eigenvalue weighted by molar-refractivity contribution is 0.0712. The summed E-state index contributed by atoms with van der Waals surface area (Å²) in [6.45, 7) is 5.42. The van der Waals surface area contributed by atoms with Gasteiger partial charge in [-0.2, -0.15) is 0 Å². The van der Waals surface area contributed by atoms with Crippen LogP contribution in [0.3, 0.4) is 0 Å². The van der Waals surface area contributed by atoms with E-state index >= 15 is 0 Å². The second-order valence-electron chi connectivity index (χ2n) is 4.90. The molecule has 0 bridgehead atoms. The molecule has 1 aliphatic rings. The molecule has 0 aliphatic carbocycles. The van der Waals surface area contributed by atoms with Gasteiger partial charge in [-0.3, -0.25) is 4.79 Å². The van der Waals surface area contributed by atoms with Gasteiger partial charge in [0, 0.05) is 19.3 Å². The third-order valence-corrected chi connectivity index (χ3v) is 3.62. The lowest BCUT2D eigenvalue weighted by atomic mass is 10.1. The van der Waals surface area contributed by atoms with Crippen LogP contribution >= 0.6 is 11.6 Å². The molecule has 1 fully saturated rings. The van der Waals surface area contributed by atoms with Crippen LogP contribution in [0.15, 0.2) is 12.3 Å². The summed E-state index contributed by atoms with van der Waals surface area (Å²) in [5.41, 5.74) is 0.460. The number of hydrogen-bond donors (Lipinski definition) is 2. The number of pyridine rings is 1. The predicted octanol–water partition coefficient (Wildman–Crippen LogP) is 2.46. The molecular weight excluding hydrogens is 278 g/mol. The molecule has 1 aromatic rings. The molecule has 5 nitrogen and oxygen atoms in total. The van der Waals surface area contributed by atoms with E-state index in [-0.39, 0.29) is 18.1 Å². The minimum atomic E-state index is -0.176. The number of anilines is 1. The molecule has 0 aromatic carbocycles. The van der Waals surface area contributed by atoms with Gasteiger partial charge in [-0.25, -0.2) is 4.98 Å². The zero-order valence-corrected chi connectivity index (χ0v) is 12.5. The van der Waals surface area contributed by atoms with Gasteiger partial charge in [-0.05, 0) is 32.8 Å². The first kappa shape index (κ1) is 15.1.